The zero-order chi connectivity index (χ0) is 15.9. The molecule has 0 bridgehead atoms. The van der Waals surface area contributed by atoms with Crippen molar-refractivity contribution < 1.29 is 9.47 Å². The number of nitrogens with one attached hydrogen (secondary N) is 1. The summed E-state index contributed by atoms with van der Waals surface area (Å²) in [6.07, 6.45) is 7.80. The van der Waals surface area contributed by atoms with Gasteiger partial charge in [-0.2, -0.15) is 0 Å². The van der Waals surface area contributed by atoms with Crippen molar-refractivity contribution in [1.29, 1.82) is 0 Å². The lowest BCUT2D eigenvalue weighted by Crippen LogP contribution is -2.52. The lowest BCUT2D eigenvalue weighted by atomic mass is 9.76. The van der Waals surface area contributed by atoms with Crippen LogP contribution in [0, 0.1) is 5.92 Å². The van der Waals surface area contributed by atoms with Gasteiger partial charge in [-0.05, 0) is 59.3 Å². The molecule has 3 heteroatoms. The molecule has 0 saturated heterocycles. The Labute approximate surface area is 132 Å². The molecule has 1 rings (SSSR count). The summed E-state index contributed by atoms with van der Waals surface area (Å²) in [5.41, 5.74) is 0.136. The number of rotatable bonds is 8. The molecule has 0 aromatic heterocycles. The summed E-state index contributed by atoms with van der Waals surface area (Å²) < 4.78 is 11.7. The molecule has 0 aromatic carbocycles. The van der Waals surface area contributed by atoms with Gasteiger partial charge in [0.25, 0.3) is 0 Å². The first-order chi connectivity index (χ1) is 9.80. The van der Waals surface area contributed by atoms with Crippen LogP contribution in [-0.4, -0.2) is 37.5 Å². The van der Waals surface area contributed by atoms with Crippen LogP contribution >= 0.6 is 0 Å². The second-order valence-corrected chi connectivity index (χ2v) is 7.90. The normalized spacial score (nSPS) is 28.6. The van der Waals surface area contributed by atoms with E-state index in [0.717, 1.165) is 12.5 Å². The van der Waals surface area contributed by atoms with Crippen LogP contribution in [0.4, 0.5) is 0 Å². The molecule has 1 aliphatic rings. The fourth-order valence-corrected chi connectivity index (χ4v) is 3.36. The lowest BCUT2D eigenvalue weighted by Gasteiger charge is -2.43. The van der Waals surface area contributed by atoms with Crippen LogP contribution in [0.3, 0.4) is 0 Å². The van der Waals surface area contributed by atoms with Crippen molar-refractivity contribution in [3.8, 4) is 0 Å². The molecule has 0 spiro atoms. The van der Waals surface area contributed by atoms with Gasteiger partial charge in [-0.3, -0.25) is 0 Å². The Morgan fingerprint density at radius 1 is 1.24 bits per heavy atom. The van der Waals surface area contributed by atoms with Crippen LogP contribution in [0.2, 0.25) is 0 Å². The summed E-state index contributed by atoms with van der Waals surface area (Å²) in [5, 5.41) is 3.66. The van der Waals surface area contributed by atoms with E-state index in [1.807, 2.05) is 0 Å². The smallest absolute Gasteiger partial charge is 0.0811 e. The van der Waals surface area contributed by atoms with Gasteiger partial charge >= 0.3 is 0 Å². The minimum Gasteiger partial charge on any atom is -0.382 e. The SMILES string of the molecule is CCCC1CCC(CNC(C)(C)C)(OC(C)COC)CC1. The van der Waals surface area contributed by atoms with Crippen LogP contribution in [-0.2, 0) is 9.47 Å². The zero-order valence-electron chi connectivity index (χ0n) is 15.1. The second kappa shape index (κ2) is 8.50. The highest BCUT2D eigenvalue weighted by Gasteiger charge is 2.37. The van der Waals surface area contributed by atoms with Crippen molar-refractivity contribution in [3.05, 3.63) is 0 Å². The molecule has 126 valence electrons. The average Bonchev–Trinajstić information content (AvgIpc) is 2.39. The van der Waals surface area contributed by atoms with E-state index in [-0.39, 0.29) is 17.2 Å². The first-order valence-corrected chi connectivity index (χ1v) is 8.72. The van der Waals surface area contributed by atoms with Crippen LogP contribution in [0.1, 0.15) is 73.1 Å². The lowest BCUT2D eigenvalue weighted by molar-refractivity contribution is -0.130. The maximum atomic E-state index is 6.45. The molecule has 0 aromatic rings. The quantitative estimate of drug-likeness (QED) is 0.730. The van der Waals surface area contributed by atoms with Gasteiger partial charge in [-0.15, -0.1) is 0 Å². The van der Waals surface area contributed by atoms with Gasteiger partial charge in [0.15, 0.2) is 0 Å². The Balaban J connectivity index is 2.62. The predicted molar refractivity (Wildman–Crippen MR) is 89.8 cm³/mol. The van der Waals surface area contributed by atoms with Crippen molar-refractivity contribution in [2.45, 2.75) is 90.4 Å². The highest BCUT2D eigenvalue weighted by atomic mass is 16.5. The van der Waals surface area contributed by atoms with Gasteiger partial charge in [-0.1, -0.05) is 19.8 Å². The third kappa shape index (κ3) is 7.12. The Morgan fingerprint density at radius 3 is 2.33 bits per heavy atom. The van der Waals surface area contributed by atoms with Gasteiger partial charge in [0.05, 0.1) is 18.3 Å². The number of hydrogen-bond acceptors (Lipinski definition) is 3. The summed E-state index contributed by atoms with van der Waals surface area (Å²) in [6.45, 7) is 12.7. The molecule has 21 heavy (non-hydrogen) atoms. The predicted octanol–water partition coefficient (Wildman–Crippen LogP) is 4.16. The van der Waals surface area contributed by atoms with Gasteiger partial charge in [-0.25, -0.2) is 0 Å². The summed E-state index contributed by atoms with van der Waals surface area (Å²) in [7, 11) is 1.75. The van der Waals surface area contributed by atoms with Gasteiger partial charge < -0.3 is 14.8 Å². The molecular formula is C18H37NO2. The van der Waals surface area contributed by atoms with E-state index in [9.17, 15) is 0 Å². The van der Waals surface area contributed by atoms with Crippen molar-refractivity contribution in [2.75, 3.05) is 20.3 Å². The van der Waals surface area contributed by atoms with E-state index in [4.69, 9.17) is 9.47 Å². The Hall–Kier alpha value is -0.120. The third-order valence-electron chi connectivity index (χ3n) is 4.51. The van der Waals surface area contributed by atoms with Crippen molar-refractivity contribution >= 4 is 0 Å². The molecule has 1 saturated carbocycles. The number of ether oxygens (including phenoxy) is 2. The molecule has 3 nitrogen and oxygen atoms in total. The topological polar surface area (TPSA) is 30.5 Å². The van der Waals surface area contributed by atoms with Gasteiger partial charge in [0.2, 0.25) is 0 Å². The van der Waals surface area contributed by atoms with E-state index < -0.39 is 0 Å². The van der Waals surface area contributed by atoms with E-state index in [0.29, 0.717) is 6.61 Å². The molecule has 1 fully saturated rings. The van der Waals surface area contributed by atoms with E-state index >= 15 is 0 Å². The highest BCUT2D eigenvalue weighted by Crippen LogP contribution is 2.37. The van der Waals surface area contributed by atoms with Crippen molar-refractivity contribution in [3.63, 3.8) is 0 Å². The maximum absolute atomic E-state index is 6.45. The summed E-state index contributed by atoms with van der Waals surface area (Å²) in [6, 6.07) is 0. The largest absolute Gasteiger partial charge is 0.382 e. The summed E-state index contributed by atoms with van der Waals surface area (Å²) in [5.74, 6) is 0.902. The second-order valence-electron chi connectivity index (χ2n) is 7.90. The van der Waals surface area contributed by atoms with E-state index in [1.165, 1.54) is 38.5 Å². The fourth-order valence-electron chi connectivity index (χ4n) is 3.36. The Bertz CT molecular complexity index is 277. The molecule has 0 heterocycles. The molecule has 1 unspecified atom stereocenters. The first kappa shape index (κ1) is 18.9. The van der Waals surface area contributed by atoms with Crippen LogP contribution in [0.15, 0.2) is 0 Å². The van der Waals surface area contributed by atoms with Crippen molar-refractivity contribution in [1.82, 2.24) is 5.32 Å². The average molecular weight is 299 g/mol. The van der Waals surface area contributed by atoms with Crippen LogP contribution in [0.25, 0.3) is 0 Å². The summed E-state index contributed by atoms with van der Waals surface area (Å²) in [4.78, 5) is 0. The van der Waals surface area contributed by atoms with Gasteiger partial charge in [0.1, 0.15) is 0 Å². The zero-order valence-corrected chi connectivity index (χ0v) is 15.1. The molecule has 1 N–H and O–H groups in total. The van der Waals surface area contributed by atoms with Crippen LogP contribution in [0.5, 0.6) is 0 Å². The maximum Gasteiger partial charge on any atom is 0.0811 e. The molecule has 0 amide bonds. The number of methoxy groups -OCH3 is 1. The minimum atomic E-state index is -0.00450. The van der Waals surface area contributed by atoms with Crippen molar-refractivity contribution in [2.24, 2.45) is 5.92 Å². The molecule has 1 aliphatic carbocycles. The first-order valence-electron chi connectivity index (χ1n) is 8.72. The summed E-state index contributed by atoms with van der Waals surface area (Å²) >= 11 is 0. The fraction of sp³-hybridized carbons (Fsp3) is 1.00. The highest BCUT2D eigenvalue weighted by molar-refractivity contribution is 4.92. The standard InChI is InChI=1S/C18H37NO2/c1-7-8-16-9-11-18(12-10-16,14-19-17(3,4)5)21-15(2)13-20-6/h15-16,19H,7-14H2,1-6H3. The molecule has 0 radical (unpaired) electrons. The van der Waals surface area contributed by atoms with Crippen LogP contribution < -0.4 is 5.32 Å². The van der Waals surface area contributed by atoms with Gasteiger partial charge in [0, 0.05) is 19.2 Å². The Morgan fingerprint density at radius 2 is 1.86 bits per heavy atom. The molecular weight excluding hydrogens is 262 g/mol. The monoisotopic (exact) mass is 299 g/mol. The van der Waals surface area contributed by atoms with E-state index in [1.54, 1.807) is 7.11 Å². The molecule has 0 aliphatic heterocycles. The minimum absolute atomic E-state index is 0.00450. The number of hydrogen-bond donors (Lipinski definition) is 1. The third-order valence-corrected chi connectivity index (χ3v) is 4.51. The van der Waals surface area contributed by atoms with E-state index in [2.05, 4.69) is 39.9 Å². The molecule has 1 atom stereocenters. The Kier molecular flexibility index (Phi) is 7.66.